The van der Waals surface area contributed by atoms with Gasteiger partial charge in [0.05, 0.1) is 17.8 Å². The van der Waals surface area contributed by atoms with Gasteiger partial charge in [0.1, 0.15) is 11.6 Å². The summed E-state index contributed by atoms with van der Waals surface area (Å²) in [5.74, 6) is -0.743. The van der Waals surface area contributed by atoms with Gasteiger partial charge in [-0.05, 0) is 0 Å². The Bertz CT molecular complexity index is 241. The molecule has 54 valence electrons. The second-order valence-corrected chi connectivity index (χ2v) is 2.02. The number of aromatic nitrogens is 1. The number of halogens is 2. The van der Waals surface area contributed by atoms with Crippen LogP contribution in [-0.2, 0) is 5.88 Å². The molecule has 1 N–H and O–H groups in total. The molecule has 0 aliphatic carbocycles. The molecule has 0 atom stereocenters. The Morgan fingerprint density at radius 2 is 2.40 bits per heavy atom. The third kappa shape index (κ3) is 1.36. The number of alkyl halides is 1. The molecule has 10 heavy (non-hydrogen) atoms. The fraction of sp³-hybridized carbons (Fsp3) is 0.167. The molecule has 0 aliphatic rings. The van der Waals surface area contributed by atoms with Crippen LogP contribution in [0.1, 0.15) is 5.69 Å². The molecule has 1 aromatic rings. The molecule has 0 aromatic carbocycles. The van der Waals surface area contributed by atoms with E-state index in [9.17, 15) is 4.39 Å². The summed E-state index contributed by atoms with van der Waals surface area (Å²) >= 11 is 5.30. The van der Waals surface area contributed by atoms with Gasteiger partial charge in [0.15, 0.2) is 0 Å². The second kappa shape index (κ2) is 2.84. The fourth-order valence-corrected chi connectivity index (χ4v) is 0.751. The summed E-state index contributed by atoms with van der Waals surface area (Å²) in [4.78, 5) is 3.54. The quantitative estimate of drug-likeness (QED) is 0.636. The molecule has 0 saturated carbocycles. The smallest absolute Gasteiger partial charge is 0.149 e. The van der Waals surface area contributed by atoms with Crippen molar-refractivity contribution in [3.05, 3.63) is 23.8 Å². The van der Waals surface area contributed by atoms with Crippen molar-refractivity contribution in [3.63, 3.8) is 0 Å². The Labute approximate surface area is 62.3 Å². The standard InChI is InChI=1S/C6H5ClFNO/c7-2-6-5(8)1-4(10)3-9-6/h1,3,10H,2H2. The lowest BCUT2D eigenvalue weighted by Crippen LogP contribution is -1.89. The summed E-state index contributed by atoms with van der Waals surface area (Å²) in [5.41, 5.74) is 0.152. The van der Waals surface area contributed by atoms with Crippen LogP contribution >= 0.6 is 11.6 Å². The van der Waals surface area contributed by atoms with Crippen LogP contribution in [0, 0.1) is 5.82 Å². The maximum Gasteiger partial charge on any atom is 0.149 e. The lowest BCUT2D eigenvalue weighted by Gasteiger charge is -1.95. The highest BCUT2D eigenvalue weighted by atomic mass is 35.5. The van der Waals surface area contributed by atoms with Crippen LogP contribution in [0.4, 0.5) is 4.39 Å². The Morgan fingerprint density at radius 1 is 1.70 bits per heavy atom. The van der Waals surface area contributed by atoms with E-state index >= 15 is 0 Å². The van der Waals surface area contributed by atoms with Crippen LogP contribution in [0.3, 0.4) is 0 Å². The third-order valence-corrected chi connectivity index (χ3v) is 1.28. The van der Waals surface area contributed by atoms with Gasteiger partial charge in [-0.2, -0.15) is 0 Å². The van der Waals surface area contributed by atoms with Gasteiger partial charge in [-0.1, -0.05) is 0 Å². The largest absolute Gasteiger partial charge is 0.506 e. The number of pyridine rings is 1. The molecule has 2 nitrogen and oxygen atoms in total. The maximum atomic E-state index is 12.5. The topological polar surface area (TPSA) is 33.1 Å². The first-order valence-electron chi connectivity index (χ1n) is 2.63. The number of nitrogens with zero attached hydrogens (tertiary/aromatic N) is 1. The summed E-state index contributed by atoms with van der Waals surface area (Å²) in [6.45, 7) is 0. The van der Waals surface area contributed by atoms with Gasteiger partial charge >= 0.3 is 0 Å². The van der Waals surface area contributed by atoms with E-state index in [0.29, 0.717) is 0 Å². The molecule has 0 fully saturated rings. The van der Waals surface area contributed by atoms with Gasteiger partial charge < -0.3 is 5.11 Å². The van der Waals surface area contributed by atoms with Crippen molar-refractivity contribution in [1.29, 1.82) is 0 Å². The van der Waals surface area contributed by atoms with Crippen molar-refractivity contribution < 1.29 is 9.50 Å². The third-order valence-electron chi connectivity index (χ3n) is 1.03. The lowest BCUT2D eigenvalue weighted by molar-refractivity contribution is 0.464. The summed E-state index contributed by atoms with van der Waals surface area (Å²) in [6, 6.07) is 0.977. The summed E-state index contributed by atoms with van der Waals surface area (Å²) in [6.07, 6.45) is 1.15. The Kier molecular flexibility index (Phi) is 2.06. The first-order chi connectivity index (χ1) is 4.74. The van der Waals surface area contributed by atoms with Crippen molar-refractivity contribution >= 4 is 11.6 Å². The highest BCUT2D eigenvalue weighted by Crippen LogP contribution is 2.12. The predicted molar refractivity (Wildman–Crippen MR) is 35.4 cm³/mol. The van der Waals surface area contributed by atoms with E-state index in [2.05, 4.69) is 4.98 Å². The van der Waals surface area contributed by atoms with Crippen molar-refractivity contribution in [1.82, 2.24) is 4.98 Å². The number of rotatable bonds is 1. The van der Waals surface area contributed by atoms with Gasteiger partial charge in [-0.15, -0.1) is 11.6 Å². The molecule has 1 aromatic heterocycles. The lowest BCUT2D eigenvalue weighted by atomic mass is 10.3. The van der Waals surface area contributed by atoms with Crippen LogP contribution in [0.15, 0.2) is 12.3 Å². The van der Waals surface area contributed by atoms with Crippen LogP contribution in [0.25, 0.3) is 0 Å². The van der Waals surface area contributed by atoms with Crippen molar-refractivity contribution in [3.8, 4) is 5.75 Å². The van der Waals surface area contributed by atoms with Gasteiger partial charge in [0, 0.05) is 6.07 Å². The average Bonchev–Trinajstić information content (AvgIpc) is 1.88. The molecule has 0 amide bonds. The predicted octanol–water partition coefficient (Wildman–Crippen LogP) is 1.67. The monoisotopic (exact) mass is 161 g/mol. The van der Waals surface area contributed by atoms with Gasteiger partial charge in [0.2, 0.25) is 0 Å². The highest BCUT2D eigenvalue weighted by molar-refractivity contribution is 6.16. The number of hydrogen-bond donors (Lipinski definition) is 1. The molecule has 4 heteroatoms. The van der Waals surface area contributed by atoms with E-state index in [0.717, 1.165) is 12.3 Å². The van der Waals surface area contributed by atoms with Crippen LogP contribution in [-0.4, -0.2) is 10.1 Å². The zero-order valence-electron chi connectivity index (χ0n) is 5.01. The van der Waals surface area contributed by atoms with Gasteiger partial charge in [-0.25, -0.2) is 4.39 Å². The molecule has 1 rings (SSSR count). The highest BCUT2D eigenvalue weighted by Gasteiger charge is 2.01. The molecular formula is C6H5ClFNO. The van der Waals surface area contributed by atoms with Crippen molar-refractivity contribution in [2.45, 2.75) is 5.88 Å². The summed E-state index contributed by atoms with van der Waals surface area (Å²) < 4.78 is 12.5. The first-order valence-corrected chi connectivity index (χ1v) is 3.17. The molecule has 0 radical (unpaired) electrons. The molecule has 1 heterocycles. The number of aromatic hydroxyl groups is 1. The minimum atomic E-state index is -0.574. The second-order valence-electron chi connectivity index (χ2n) is 1.76. The SMILES string of the molecule is Oc1cnc(CCl)c(F)c1. The summed E-state index contributed by atoms with van der Waals surface area (Å²) in [7, 11) is 0. The Morgan fingerprint density at radius 3 is 2.90 bits per heavy atom. The summed E-state index contributed by atoms with van der Waals surface area (Å²) in [5, 5.41) is 8.69. The molecule has 0 saturated heterocycles. The molecule has 0 bridgehead atoms. The van der Waals surface area contributed by atoms with E-state index in [1.807, 2.05) is 0 Å². The number of hydrogen-bond acceptors (Lipinski definition) is 2. The zero-order valence-corrected chi connectivity index (χ0v) is 5.77. The minimum Gasteiger partial charge on any atom is -0.506 e. The molecule has 0 unspecified atom stereocenters. The average molecular weight is 162 g/mol. The van der Waals surface area contributed by atoms with E-state index in [1.165, 1.54) is 0 Å². The first kappa shape index (κ1) is 7.28. The normalized spacial score (nSPS) is 9.80. The maximum absolute atomic E-state index is 12.5. The van der Waals surface area contributed by atoms with Crippen LogP contribution in [0.5, 0.6) is 5.75 Å². The Hall–Kier alpha value is -0.830. The van der Waals surface area contributed by atoms with E-state index in [1.54, 1.807) is 0 Å². The van der Waals surface area contributed by atoms with E-state index < -0.39 is 5.82 Å². The van der Waals surface area contributed by atoms with Crippen molar-refractivity contribution in [2.24, 2.45) is 0 Å². The van der Waals surface area contributed by atoms with E-state index in [4.69, 9.17) is 16.7 Å². The molecule has 0 aliphatic heterocycles. The van der Waals surface area contributed by atoms with Crippen LogP contribution < -0.4 is 0 Å². The zero-order chi connectivity index (χ0) is 7.56. The van der Waals surface area contributed by atoms with Crippen molar-refractivity contribution in [2.75, 3.05) is 0 Å². The van der Waals surface area contributed by atoms with Gasteiger partial charge in [0.25, 0.3) is 0 Å². The Balaban J connectivity index is 3.07. The minimum absolute atomic E-state index is 0.0200. The van der Waals surface area contributed by atoms with Crippen LogP contribution in [0.2, 0.25) is 0 Å². The van der Waals surface area contributed by atoms with Gasteiger partial charge in [-0.3, -0.25) is 4.98 Å². The molecule has 0 spiro atoms. The fourth-order valence-electron chi connectivity index (χ4n) is 0.554. The van der Waals surface area contributed by atoms with E-state index in [-0.39, 0.29) is 17.3 Å². The molecular weight excluding hydrogens is 157 g/mol.